The van der Waals surface area contributed by atoms with Crippen LogP contribution in [0.4, 0.5) is 26.3 Å². The van der Waals surface area contributed by atoms with Crippen LogP contribution in [-0.4, -0.2) is 26.7 Å². The molecule has 2 nitrogen and oxygen atoms in total. The molecule has 0 amide bonds. The summed E-state index contributed by atoms with van der Waals surface area (Å²) < 4.78 is 90.3. The highest BCUT2D eigenvalue weighted by Crippen LogP contribution is 2.35. The van der Waals surface area contributed by atoms with Crippen molar-refractivity contribution in [2.45, 2.75) is 44.2 Å². The third kappa shape index (κ3) is 4.69. The Bertz CT molecular complexity index is 582. The molecule has 1 aromatic carbocycles. The Labute approximate surface area is 133 Å². The molecule has 0 N–H and O–H groups in total. The van der Waals surface area contributed by atoms with Gasteiger partial charge in [-0.15, -0.1) is 0 Å². The highest BCUT2D eigenvalue weighted by Gasteiger charge is 2.38. The Hall–Kier alpha value is -1.09. The van der Waals surface area contributed by atoms with Gasteiger partial charge in [-0.05, 0) is 32.9 Å². The van der Waals surface area contributed by atoms with Crippen LogP contribution in [0.15, 0.2) is 18.2 Å². The lowest BCUT2D eigenvalue weighted by Gasteiger charge is -2.32. The van der Waals surface area contributed by atoms with Gasteiger partial charge in [0, 0.05) is 12.6 Å². The quantitative estimate of drug-likeness (QED) is 0.721. The zero-order valence-corrected chi connectivity index (χ0v) is 13.7. The van der Waals surface area contributed by atoms with Crippen LogP contribution in [-0.2, 0) is 17.2 Å². The second-order valence-corrected chi connectivity index (χ2v) is 8.22. The number of rotatable bonds is 4. The molecule has 0 aliphatic heterocycles. The standard InChI is InChI=1S/C14H17F6NOS/c1-13(2,3)23(22)21(4)11(12(16)17)9-6-5-8(7-10(9)15)14(18,19)20/h5-7,11-12H,1-4H3/t11-,23+/m0/s1. The van der Waals surface area contributed by atoms with Gasteiger partial charge in [-0.2, -0.15) is 13.2 Å². The molecule has 0 radical (unpaired) electrons. The maximum Gasteiger partial charge on any atom is 0.416 e. The molecule has 0 aliphatic rings. The van der Waals surface area contributed by atoms with Gasteiger partial charge in [0.2, 0.25) is 0 Å². The highest BCUT2D eigenvalue weighted by atomic mass is 32.2. The summed E-state index contributed by atoms with van der Waals surface area (Å²) in [7, 11) is -0.779. The summed E-state index contributed by atoms with van der Waals surface area (Å²) in [5.74, 6) is -1.41. The van der Waals surface area contributed by atoms with Gasteiger partial charge >= 0.3 is 6.18 Å². The third-order valence-electron chi connectivity index (χ3n) is 3.06. The number of nitrogens with zero attached hydrogens (tertiary/aromatic N) is 1. The molecule has 23 heavy (non-hydrogen) atoms. The van der Waals surface area contributed by atoms with Crippen LogP contribution in [0.2, 0.25) is 0 Å². The third-order valence-corrected chi connectivity index (χ3v) is 4.86. The van der Waals surface area contributed by atoms with Crippen molar-refractivity contribution < 1.29 is 30.6 Å². The van der Waals surface area contributed by atoms with Crippen LogP contribution in [0.3, 0.4) is 0 Å². The molecule has 2 atom stereocenters. The monoisotopic (exact) mass is 361 g/mol. The van der Waals surface area contributed by atoms with E-state index in [9.17, 15) is 30.6 Å². The topological polar surface area (TPSA) is 20.3 Å². The fraction of sp³-hybridized carbons (Fsp3) is 0.571. The second-order valence-electron chi connectivity index (χ2n) is 5.92. The van der Waals surface area contributed by atoms with Crippen molar-refractivity contribution in [1.29, 1.82) is 0 Å². The molecule has 0 aromatic heterocycles. The van der Waals surface area contributed by atoms with Crippen molar-refractivity contribution in [1.82, 2.24) is 4.31 Å². The van der Waals surface area contributed by atoms with Crippen molar-refractivity contribution in [2.75, 3.05) is 7.05 Å². The molecule has 0 heterocycles. The zero-order valence-electron chi connectivity index (χ0n) is 12.9. The molecule has 9 heteroatoms. The molecule has 0 saturated heterocycles. The smallest absolute Gasteiger partial charge is 0.242 e. The zero-order chi connectivity index (χ0) is 18.2. The predicted molar refractivity (Wildman–Crippen MR) is 75.8 cm³/mol. The molecule has 132 valence electrons. The summed E-state index contributed by atoms with van der Waals surface area (Å²) in [5.41, 5.74) is -1.90. The van der Waals surface area contributed by atoms with E-state index >= 15 is 0 Å². The van der Waals surface area contributed by atoms with Crippen molar-refractivity contribution in [3.63, 3.8) is 0 Å². The van der Waals surface area contributed by atoms with E-state index in [1.165, 1.54) is 0 Å². The molecule has 0 bridgehead atoms. The van der Waals surface area contributed by atoms with Gasteiger partial charge in [-0.25, -0.2) is 21.7 Å². The van der Waals surface area contributed by atoms with Gasteiger partial charge in [0.15, 0.2) is 0 Å². The molecule has 0 saturated carbocycles. The van der Waals surface area contributed by atoms with E-state index in [4.69, 9.17) is 0 Å². The minimum absolute atomic E-state index is 0.165. The van der Waals surface area contributed by atoms with E-state index in [1.807, 2.05) is 0 Å². The average Bonchev–Trinajstić information content (AvgIpc) is 2.37. The molecule has 0 spiro atoms. The predicted octanol–water partition coefficient (Wildman–Crippen LogP) is 4.54. The van der Waals surface area contributed by atoms with Crippen LogP contribution in [0, 0.1) is 5.82 Å². The normalized spacial score (nSPS) is 16.0. The van der Waals surface area contributed by atoms with Gasteiger partial charge in [0.1, 0.15) is 22.8 Å². The minimum Gasteiger partial charge on any atom is -0.242 e. The Kier molecular flexibility index (Phi) is 5.90. The number of alkyl halides is 5. The van der Waals surface area contributed by atoms with Crippen LogP contribution in [0.25, 0.3) is 0 Å². The highest BCUT2D eigenvalue weighted by molar-refractivity contribution is 7.84. The summed E-state index contributed by atoms with van der Waals surface area (Å²) >= 11 is 0. The van der Waals surface area contributed by atoms with Crippen LogP contribution in [0.5, 0.6) is 0 Å². The van der Waals surface area contributed by atoms with Crippen LogP contribution >= 0.6 is 0 Å². The van der Waals surface area contributed by atoms with E-state index < -0.39 is 51.3 Å². The SMILES string of the molecule is CN([C@@H](c1ccc(C(F)(F)F)cc1F)C(F)F)[S@](=O)C(C)(C)C. The summed E-state index contributed by atoms with van der Waals surface area (Å²) in [6, 6.07) is -0.566. The first-order chi connectivity index (χ1) is 10.3. The summed E-state index contributed by atoms with van der Waals surface area (Å²) in [6.45, 7) is 4.64. The Morgan fingerprint density at radius 3 is 2.00 bits per heavy atom. The molecular formula is C14H17F6NOS. The second kappa shape index (κ2) is 6.80. The minimum atomic E-state index is -4.78. The first kappa shape index (κ1) is 20.0. The molecule has 1 aromatic rings. The van der Waals surface area contributed by atoms with Crippen molar-refractivity contribution >= 4 is 11.0 Å². The van der Waals surface area contributed by atoms with Crippen molar-refractivity contribution in [3.05, 3.63) is 35.1 Å². The van der Waals surface area contributed by atoms with Gasteiger partial charge in [0.25, 0.3) is 6.43 Å². The number of hydrogen-bond acceptors (Lipinski definition) is 1. The van der Waals surface area contributed by atoms with E-state index in [0.29, 0.717) is 12.1 Å². The number of hydrogen-bond donors (Lipinski definition) is 0. The number of halogens is 6. The Morgan fingerprint density at radius 2 is 1.65 bits per heavy atom. The lowest BCUT2D eigenvalue weighted by molar-refractivity contribution is -0.137. The first-order valence-electron chi connectivity index (χ1n) is 6.56. The van der Waals surface area contributed by atoms with Gasteiger partial charge < -0.3 is 0 Å². The molecule has 1 rings (SSSR count). The van der Waals surface area contributed by atoms with Crippen LogP contribution < -0.4 is 0 Å². The molecule has 0 aliphatic carbocycles. The summed E-state index contributed by atoms with van der Waals surface area (Å²) in [5, 5.41) is 0. The molecule has 0 unspecified atom stereocenters. The Balaban J connectivity index is 3.30. The number of benzene rings is 1. The molecular weight excluding hydrogens is 344 g/mol. The maximum absolute atomic E-state index is 14.0. The molecule has 0 fully saturated rings. The van der Waals surface area contributed by atoms with Crippen molar-refractivity contribution in [2.24, 2.45) is 0 Å². The fourth-order valence-corrected chi connectivity index (χ4v) is 3.24. The summed E-state index contributed by atoms with van der Waals surface area (Å²) in [6.07, 6.45) is -7.91. The van der Waals surface area contributed by atoms with Gasteiger partial charge in [-0.1, -0.05) is 6.07 Å². The van der Waals surface area contributed by atoms with E-state index in [0.717, 1.165) is 11.4 Å². The van der Waals surface area contributed by atoms with E-state index in [2.05, 4.69) is 0 Å². The lowest BCUT2D eigenvalue weighted by atomic mass is 10.0. The Morgan fingerprint density at radius 1 is 1.13 bits per heavy atom. The fourth-order valence-electron chi connectivity index (χ4n) is 1.97. The van der Waals surface area contributed by atoms with Crippen molar-refractivity contribution in [3.8, 4) is 0 Å². The maximum atomic E-state index is 14.0. The van der Waals surface area contributed by atoms with Gasteiger partial charge in [0.05, 0.1) is 10.3 Å². The average molecular weight is 361 g/mol. The lowest BCUT2D eigenvalue weighted by Crippen LogP contribution is -2.40. The van der Waals surface area contributed by atoms with Gasteiger partial charge in [-0.3, -0.25) is 0 Å². The van der Waals surface area contributed by atoms with E-state index in [-0.39, 0.29) is 6.07 Å². The largest absolute Gasteiger partial charge is 0.416 e. The summed E-state index contributed by atoms with van der Waals surface area (Å²) in [4.78, 5) is 0. The first-order valence-corrected chi connectivity index (χ1v) is 7.67. The van der Waals surface area contributed by atoms with Crippen LogP contribution in [0.1, 0.15) is 37.9 Å². The van der Waals surface area contributed by atoms with E-state index in [1.54, 1.807) is 20.8 Å².